The van der Waals surface area contributed by atoms with E-state index in [1.165, 1.54) is 25.3 Å². The Morgan fingerprint density at radius 1 is 1.25 bits per heavy atom. The van der Waals surface area contributed by atoms with Crippen molar-refractivity contribution in [3.8, 4) is 17.0 Å². The number of hydrogen-bond acceptors (Lipinski definition) is 5. The summed E-state index contributed by atoms with van der Waals surface area (Å²) in [6, 6.07) is 5.62. The zero-order valence-electron chi connectivity index (χ0n) is 17.0. The van der Waals surface area contributed by atoms with Gasteiger partial charge in [-0.05, 0) is 43.0 Å². The summed E-state index contributed by atoms with van der Waals surface area (Å²) in [4.78, 5) is 21.7. The Kier molecular flexibility index (Phi) is 7.84. The lowest BCUT2D eigenvalue weighted by Gasteiger charge is -2.24. The summed E-state index contributed by atoms with van der Waals surface area (Å²) in [6.45, 7) is -1.53. The van der Waals surface area contributed by atoms with E-state index in [4.69, 9.17) is 32.8 Å². The summed E-state index contributed by atoms with van der Waals surface area (Å²) in [5.41, 5.74) is 1.45. The van der Waals surface area contributed by atoms with Gasteiger partial charge in [0.1, 0.15) is 7.11 Å². The van der Waals surface area contributed by atoms with E-state index in [0.29, 0.717) is 18.4 Å². The monoisotopic (exact) mass is 489 g/mol. The number of carbonyl (C=O) groups excluding carboxylic acids is 1. The van der Waals surface area contributed by atoms with Gasteiger partial charge in [-0.2, -0.15) is 13.2 Å². The van der Waals surface area contributed by atoms with Crippen LogP contribution >= 0.6 is 23.2 Å². The lowest BCUT2D eigenvalue weighted by Crippen LogP contribution is -2.42. The Hall–Kier alpha value is -2.52. The van der Waals surface area contributed by atoms with Crippen LogP contribution in [0.15, 0.2) is 35.6 Å². The predicted molar refractivity (Wildman–Crippen MR) is 115 cm³/mol. The molecule has 1 aliphatic rings. The van der Waals surface area contributed by atoms with Crippen molar-refractivity contribution in [2.24, 2.45) is 5.16 Å². The molecule has 32 heavy (non-hydrogen) atoms. The number of nitrogens with zero attached hydrogens (tertiary/aromatic N) is 2. The zero-order valence-corrected chi connectivity index (χ0v) is 18.5. The molecule has 1 aromatic heterocycles. The molecule has 6 nitrogen and oxygen atoms in total. The SMILES string of the molecule is CON=C1CCCC[C@@H]1NC(=O)c1cnc(OCC(F)(F)F)c(-c2ccc(Cl)c(Cl)c2)c1. The number of hydrogen-bond donors (Lipinski definition) is 1. The lowest BCUT2D eigenvalue weighted by molar-refractivity contribution is -0.154. The molecule has 0 spiro atoms. The molecule has 1 N–H and O–H groups in total. The Balaban J connectivity index is 1.92. The first-order chi connectivity index (χ1) is 15.2. The summed E-state index contributed by atoms with van der Waals surface area (Å²) < 4.78 is 42.9. The first kappa shape index (κ1) is 24.1. The van der Waals surface area contributed by atoms with Crippen LogP contribution in [-0.2, 0) is 4.84 Å². The molecule has 0 radical (unpaired) electrons. The number of aromatic nitrogens is 1. The second-order valence-corrected chi connectivity index (χ2v) is 7.96. The Morgan fingerprint density at radius 2 is 2.03 bits per heavy atom. The summed E-state index contributed by atoms with van der Waals surface area (Å²) in [7, 11) is 1.44. The third kappa shape index (κ3) is 6.26. The van der Waals surface area contributed by atoms with Gasteiger partial charge in [-0.3, -0.25) is 4.79 Å². The highest BCUT2D eigenvalue weighted by Gasteiger charge is 2.30. The van der Waals surface area contributed by atoms with E-state index in [9.17, 15) is 18.0 Å². The highest BCUT2D eigenvalue weighted by atomic mass is 35.5. The lowest BCUT2D eigenvalue weighted by atomic mass is 9.93. The van der Waals surface area contributed by atoms with Gasteiger partial charge in [0.2, 0.25) is 5.88 Å². The largest absolute Gasteiger partial charge is 0.468 e. The number of carbonyl (C=O) groups is 1. The Morgan fingerprint density at radius 3 is 2.72 bits per heavy atom. The fourth-order valence-corrected chi connectivity index (χ4v) is 3.63. The number of halogens is 5. The maximum Gasteiger partial charge on any atom is 0.422 e. The molecule has 1 saturated carbocycles. The van der Waals surface area contributed by atoms with Crippen molar-refractivity contribution in [3.05, 3.63) is 46.1 Å². The van der Waals surface area contributed by atoms with Crippen molar-refractivity contribution in [1.82, 2.24) is 10.3 Å². The maximum atomic E-state index is 12.9. The van der Waals surface area contributed by atoms with Crippen LogP contribution in [0.3, 0.4) is 0 Å². The minimum absolute atomic E-state index is 0.146. The van der Waals surface area contributed by atoms with Crippen LogP contribution in [0.4, 0.5) is 13.2 Å². The third-order valence-electron chi connectivity index (χ3n) is 4.81. The first-order valence-corrected chi connectivity index (χ1v) is 10.5. The van der Waals surface area contributed by atoms with E-state index >= 15 is 0 Å². The van der Waals surface area contributed by atoms with E-state index in [1.807, 2.05) is 0 Å². The van der Waals surface area contributed by atoms with E-state index in [2.05, 4.69) is 15.5 Å². The quantitative estimate of drug-likeness (QED) is 0.530. The number of alkyl halides is 3. The van der Waals surface area contributed by atoms with Crippen molar-refractivity contribution < 1.29 is 27.5 Å². The van der Waals surface area contributed by atoms with Crippen LogP contribution < -0.4 is 10.1 Å². The van der Waals surface area contributed by atoms with Crippen LogP contribution in [0.25, 0.3) is 11.1 Å². The molecule has 1 atom stereocenters. The molecule has 1 heterocycles. The zero-order chi connectivity index (χ0) is 23.3. The molecule has 0 bridgehead atoms. The van der Waals surface area contributed by atoms with Gasteiger partial charge in [0.25, 0.3) is 5.91 Å². The van der Waals surface area contributed by atoms with E-state index < -0.39 is 18.7 Å². The van der Waals surface area contributed by atoms with Gasteiger partial charge in [0.15, 0.2) is 6.61 Å². The van der Waals surface area contributed by atoms with E-state index in [0.717, 1.165) is 24.8 Å². The molecular weight excluding hydrogens is 470 g/mol. The number of ether oxygens (including phenoxy) is 1. The Bertz CT molecular complexity index is 1020. The van der Waals surface area contributed by atoms with Crippen molar-refractivity contribution in [2.75, 3.05) is 13.7 Å². The van der Waals surface area contributed by atoms with Gasteiger partial charge >= 0.3 is 6.18 Å². The maximum absolute atomic E-state index is 12.9. The number of nitrogens with one attached hydrogen (secondary N) is 1. The van der Waals surface area contributed by atoms with Gasteiger partial charge in [-0.25, -0.2) is 4.98 Å². The fraction of sp³-hybridized carbons (Fsp3) is 0.381. The summed E-state index contributed by atoms with van der Waals surface area (Å²) in [5, 5.41) is 7.35. The molecule has 0 saturated heterocycles. The topological polar surface area (TPSA) is 72.8 Å². The molecule has 172 valence electrons. The molecule has 11 heteroatoms. The summed E-state index contributed by atoms with van der Waals surface area (Å²) >= 11 is 12.0. The second kappa shape index (κ2) is 10.4. The van der Waals surface area contributed by atoms with Crippen LogP contribution in [0.2, 0.25) is 10.0 Å². The fourth-order valence-electron chi connectivity index (χ4n) is 3.33. The molecule has 0 aliphatic heterocycles. The number of amides is 1. The van der Waals surface area contributed by atoms with Gasteiger partial charge in [0, 0.05) is 11.8 Å². The van der Waals surface area contributed by atoms with E-state index in [1.54, 1.807) is 6.07 Å². The molecule has 1 aromatic carbocycles. The highest BCUT2D eigenvalue weighted by Crippen LogP contribution is 2.34. The van der Waals surface area contributed by atoms with Crippen molar-refractivity contribution in [3.63, 3.8) is 0 Å². The number of benzene rings is 1. The molecule has 1 amide bonds. The van der Waals surface area contributed by atoms with Crippen molar-refractivity contribution >= 4 is 34.8 Å². The van der Waals surface area contributed by atoms with E-state index in [-0.39, 0.29) is 33.1 Å². The van der Waals surface area contributed by atoms with Gasteiger partial charge in [-0.15, -0.1) is 0 Å². The average molecular weight is 490 g/mol. The number of rotatable bonds is 6. The molecule has 2 aromatic rings. The minimum Gasteiger partial charge on any atom is -0.468 e. The molecule has 3 rings (SSSR count). The van der Waals surface area contributed by atoms with Crippen molar-refractivity contribution in [1.29, 1.82) is 0 Å². The minimum atomic E-state index is -4.55. The normalized spacial score (nSPS) is 17.8. The Labute approximate surface area is 192 Å². The molecular formula is C21H20Cl2F3N3O3. The molecule has 0 unspecified atom stereocenters. The van der Waals surface area contributed by atoms with Gasteiger partial charge in [0.05, 0.1) is 27.4 Å². The average Bonchev–Trinajstić information content (AvgIpc) is 2.75. The van der Waals surface area contributed by atoms with Crippen LogP contribution in [-0.4, -0.2) is 42.5 Å². The molecule has 1 fully saturated rings. The van der Waals surface area contributed by atoms with Crippen LogP contribution in [0.1, 0.15) is 36.0 Å². The van der Waals surface area contributed by atoms with Crippen LogP contribution in [0.5, 0.6) is 5.88 Å². The smallest absolute Gasteiger partial charge is 0.422 e. The second-order valence-electron chi connectivity index (χ2n) is 7.15. The van der Waals surface area contributed by atoms with Gasteiger partial charge in [-0.1, -0.05) is 40.8 Å². The van der Waals surface area contributed by atoms with Crippen molar-refractivity contribution in [2.45, 2.75) is 37.9 Å². The number of pyridine rings is 1. The predicted octanol–water partition coefficient (Wildman–Crippen LogP) is 5.67. The van der Waals surface area contributed by atoms with Gasteiger partial charge < -0.3 is 14.9 Å². The third-order valence-corrected chi connectivity index (χ3v) is 5.55. The summed E-state index contributed by atoms with van der Waals surface area (Å²) in [5.74, 6) is -0.728. The molecule has 1 aliphatic carbocycles. The first-order valence-electron chi connectivity index (χ1n) is 9.73. The highest BCUT2D eigenvalue weighted by molar-refractivity contribution is 6.42. The summed E-state index contributed by atoms with van der Waals surface area (Å²) in [6.07, 6.45) is -0.111. The number of oxime groups is 1. The standard InChI is InChI=1S/C21H20Cl2F3N3O3/c1-31-29-18-5-3-2-4-17(18)28-19(30)13-8-14(12-6-7-15(22)16(23)9-12)20(27-10-13)32-11-21(24,25)26/h6-10,17H,2-5,11H2,1H3,(H,28,30)/t17-/m0/s1. The van der Waals surface area contributed by atoms with Crippen LogP contribution in [0, 0.1) is 0 Å².